The lowest BCUT2D eigenvalue weighted by Crippen LogP contribution is -2.27. The van der Waals surface area contributed by atoms with Gasteiger partial charge in [0.25, 0.3) is 0 Å². The van der Waals surface area contributed by atoms with Crippen molar-refractivity contribution in [3.05, 3.63) is 11.1 Å². The Hall–Kier alpha value is -0.910. The Balaban J connectivity index is 2.46. The molecule has 0 aliphatic heterocycles. The highest BCUT2D eigenvalue weighted by atomic mass is 79.9. The van der Waals surface area contributed by atoms with Crippen molar-refractivity contribution >= 4 is 21.8 Å². The number of hydrogen-bond acceptors (Lipinski definition) is 3. The van der Waals surface area contributed by atoms with Gasteiger partial charge in [-0.05, 0) is 22.9 Å². The van der Waals surface area contributed by atoms with Crippen LogP contribution in [0.3, 0.4) is 0 Å². The molecule has 0 aliphatic carbocycles. The monoisotopic (exact) mass is 232 g/mol. The molecule has 0 bridgehead atoms. The average molecular weight is 233 g/mol. The topological polar surface area (TPSA) is 59.8 Å². The molecule has 6 heteroatoms. The highest BCUT2D eigenvalue weighted by Gasteiger charge is 2.02. The summed E-state index contributed by atoms with van der Waals surface area (Å²) < 4.78 is 1.96. The maximum absolute atomic E-state index is 11.0. The molecule has 0 atom stereocenters. The number of likely N-dealkylation sites (N-methyl/N-ethyl adjacent to an activating group) is 1. The highest BCUT2D eigenvalue weighted by Crippen LogP contribution is 1.97. The van der Waals surface area contributed by atoms with Gasteiger partial charge in [0.1, 0.15) is 12.9 Å². The molecule has 0 spiro atoms. The molecule has 1 N–H and O–H groups in total. The summed E-state index contributed by atoms with van der Waals surface area (Å²) in [6.45, 7) is 2.72. The maximum atomic E-state index is 11.0. The third kappa shape index (κ3) is 2.61. The number of carbonyl (C=O) groups excluding carboxylic acids is 1. The number of nitrogens with one attached hydrogen (secondary N) is 1. The van der Waals surface area contributed by atoms with Crippen LogP contribution in [0.25, 0.3) is 0 Å². The Labute approximate surface area is 78.3 Å². The zero-order chi connectivity index (χ0) is 8.97. The van der Waals surface area contributed by atoms with Gasteiger partial charge in [-0.1, -0.05) is 0 Å². The lowest BCUT2D eigenvalue weighted by molar-refractivity contribution is -0.121. The van der Waals surface area contributed by atoms with Crippen molar-refractivity contribution in [1.82, 2.24) is 20.1 Å². The first-order valence-electron chi connectivity index (χ1n) is 3.54. The van der Waals surface area contributed by atoms with E-state index in [1.807, 2.05) is 6.92 Å². The van der Waals surface area contributed by atoms with E-state index >= 15 is 0 Å². The van der Waals surface area contributed by atoms with Gasteiger partial charge in [0, 0.05) is 6.54 Å². The van der Waals surface area contributed by atoms with Crippen molar-refractivity contribution in [3.8, 4) is 0 Å². The van der Waals surface area contributed by atoms with Crippen molar-refractivity contribution in [2.45, 2.75) is 13.5 Å². The fraction of sp³-hybridized carbons (Fsp3) is 0.500. The van der Waals surface area contributed by atoms with Crippen LogP contribution in [-0.4, -0.2) is 27.2 Å². The number of nitrogens with zero attached hydrogens (tertiary/aromatic N) is 3. The van der Waals surface area contributed by atoms with E-state index in [0.29, 0.717) is 11.3 Å². The van der Waals surface area contributed by atoms with Gasteiger partial charge < -0.3 is 5.32 Å². The molecule has 5 nitrogen and oxygen atoms in total. The van der Waals surface area contributed by atoms with E-state index in [2.05, 4.69) is 31.3 Å². The minimum Gasteiger partial charge on any atom is -0.355 e. The first kappa shape index (κ1) is 9.18. The van der Waals surface area contributed by atoms with E-state index in [-0.39, 0.29) is 12.5 Å². The SMILES string of the molecule is CCNC(=O)Cn1cnc(Br)n1. The summed E-state index contributed by atoms with van der Waals surface area (Å²) in [6, 6.07) is 0. The number of rotatable bonds is 3. The normalized spacial score (nSPS) is 9.83. The van der Waals surface area contributed by atoms with Crippen LogP contribution < -0.4 is 5.32 Å². The molecule has 0 fully saturated rings. The quantitative estimate of drug-likeness (QED) is 0.809. The van der Waals surface area contributed by atoms with Crippen LogP contribution in [0.5, 0.6) is 0 Å². The molecule has 0 saturated carbocycles. The zero-order valence-corrected chi connectivity index (χ0v) is 8.21. The molecule has 1 amide bonds. The molecule has 0 aromatic carbocycles. The van der Waals surface area contributed by atoms with Crippen LogP contribution in [0.4, 0.5) is 0 Å². The summed E-state index contributed by atoms with van der Waals surface area (Å²) in [4.78, 5) is 14.8. The number of halogens is 1. The third-order valence-corrected chi connectivity index (χ3v) is 1.55. The van der Waals surface area contributed by atoms with Crippen molar-refractivity contribution in [2.24, 2.45) is 0 Å². The van der Waals surface area contributed by atoms with Crippen LogP contribution in [-0.2, 0) is 11.3 Å². The second-order valence-corrected chi connectivity index (χ2v) is 2.87. The van der Waals surface area contributed by atoms with Gasteiger partial charge in [-0.25, -0.2) is 9.67 Å². The van der Waals surface area contributed by atoms with Crippen molar-refractivity contribution < 1.29 is 4.79 Å². The fourth-order valence-corrected chi connectivity index (χ4v) is 1.04. The molecule has 0 unspecified atom stereocenters. The summed E-state index contributed by atoms with van der Waals surface area (Å²) in [5.41, 5.74) is 0. The highest BCUT2D eigenvalue weighted by molar-refractivity contribution is 9.10. The van der Waals surface area contributed by atoms with Gasteiger partial charge in [-0.15, -0.1) is 5.10 Å². The first-order chi connectivity index (χ1) is 5.72. The van der Waals surface area contributed by atoms with Crippen molar-refractivity contribution in [2.75, 3.05) is 6.54 Å². The molecule has 0 aliphatic rings. The average Bonchev–Trinajstić information content (AvgIpc) is 2.36. The van der Waals surface area contributed by atoms with E-state index in [1.54, 1.807) is 0 Å². The second kappa shape index (κ2) is 4.20. The summed E-state index contributed by atoms with van der Waals surface area (Å²) >= 11 is 3.09. The number of amides is 1. The van der Waals surface area contributed by atoms with Gasteiger partial charge in [0.2, 0.25) is 10.6 Å². The van der Waals surface area contributed by atoms with Crippen LogP contribution in [0, 0.1) is 0 Å². The van der Waals surface area contributed by atoms with Gasteiger partial charge in [-0.3, -0.25) is 4.79 Å². The first-order valence-corrected chi connectivity index (χ1v) is 4.33. The van der Waals surface area contributed by atoms with E-state index in [0.717, 1.165) is 0 Å². The van der Waals surface area contributed by atoms with Gasteiger partial charge in [0.05, 0.1) is 0 Å². The standard InChI is InChI=1S/C6H9BrN4O/c1-2-8-5(12)3-11-4-9-6(7)10-11/h4H,2-3H2,1H3,(H,8,12). The predicted octanol–water partition coefficient (Wildman–Crippen LogP) is 0.177. The smallest absolute Gasteiger partial charge is 0.241 e. The predicted molar refractivity (Wildman–Crippen MR) is 46.4 cm³/mol. The Kier molecular flexibility index (Phi) is 3.21. The number of aromatic nitrogens is 3. The Morgan fingerprint density at radius 1 is 1.83 bits per heavy atom. The lowest BCUT2D eigenvalue weighted by atomic mass is 10.5. The number of carbonyl (C=O) groups is 1. The van der Waals surface area contributed by atoms with Crippen LogP contribution in [0.15, 0.2) is 11.1 Å². The van der Waals surface area contributed by atoms with Crippen LogP contribution in [0.1, 0.15) is 6.92 Å². The summed E-state index contributed by atoms with van der Waals surface area (Å²) in [7, 11) is 0. The van der Waals surface area contributed by atoms with E-state index < -0.39 is 0 Å². The van der Waals surface area contributed by atoms with Gasteiger partial charge in [0.15, 0.2) is 0 Å². The lowest BCUT2D eigenvalue weighted by Gasteiger charge is -1.99. The molecular formula is C6H9BrN4O. The molecule has 1 rings (SSSR count). The van der Waals surface area contributed by atoms with Crippen molar-refractivity contribution in [3.63, 3.8) is 0 Å². The minimum absolute atomic E-state index is 0.0603. The van der Waals surface area contributed by atoms with E-state index in [4.69, 9.17) is 0 Å². The molecular weight excluding hydrogens is 224 g/mol. The Morgan fingerprint density at radius 2 is 2.58 bits per heavy atom. The largest absolute Gasteiger partial charge is 0.355 e. The third-order valence-electron chi connectivity index (χ3n) is 1.19. The van der Waals surface area contributed by atoms with Gasteiger partial charge >= 0.3 is 0 Å². The van der Waals surface area contributed by atoms with Crippen molar-refractivity contribution in [1.29, 1.82) is 0 Å². The zero-order valence-electron chi connectivity index (χ0n) is 6.62. The van der Waals surface area contributed by atoms with E-state index in [9.17, 15) is 4.79 Å². The Bertz CT molecular complexity index is 272. The Morgan fingerprint density at radius 3 is 3.08 bits per heavy atom. The molecule has 0 radical (unpaired) electrons. The van der Waals surface area contributed by atoms with E-state index in [1.165, 1.54) is 11.0 Å². The fourth-order valence-electron chi connectivity index (χ4n) is 0.748. The maximum Gasteiger partial charge on any atom is 0.241 e. The molecule has 12 heavy (non-hydrogen) atoms. The summed E-state index contributed by atoms with van der Waals surface area (Å²) in [5, 5.41) is 6.55. The van der Waals surface area contributed by atoms with Gasteiger partial charge in [-0.2, -0.15) is 0 Å². The summed E-state index contributed by atoms with van der Waals surface area (Å²) in [6.07, 6.45) is 1.50. The van der Waals surface area contributed by atoms with Crippen LogP contribution >= 0.6 is 15.9 Å². The summed E-state index contributed by atoms with van der Waals surface area (Å²) in [5.74, 6) is -0.0603. The molecule has 0 saturated heterocycles. The molecule has 1 aromatic heterocycles. The molecule has 66 valence electrons. The minimum atomic E-state index is -0.0603. The van der Waals surface area contributed by atoms with Crippen LogP contribution in [0.2, 0.25) is 0 Å². The number of hydrogen-bond donors (Lipinski definition) is 1. The molecule has 1 heterocycles. The molecule has 1 aromatic rings. The second-order valence-electron chi connectivity index (χ2n) is 2.16.